The van der Waals surface area contributed by atoms with Crippen molar-refractivity contribution >= 4 is 55.5 Å². The summed E-state index contributed by atoms with van der Waals surface area (Å²) in [7, 11) is 0. The molecule has 3 heteroatoms. The Kier molecular flexibility index (Phi) is 6.11. The fourth-order valence-electron chi connectivity index (χ4n) is 6.89. The maximum Gasteiger partial charge on any atom is 0.145 e. The van der Waals surface area contributed by atoms with Crippen LogP contribution in [0.3, 0.4) is 0 Å². The summed E-state index contributed by atoms with van der Waals surface area (Å²) in [5.41, 5.74) is 10.2. The van der Waals surface area contributed by atoms with Gasteiger partial charge in [-0.2, -0.15) is 0 Å². The first-order valence-electron chi connectivity index (χ1n) is 15.2. The van der Waals surface area contributed by atoms with Crippen LogP contribution in [0.2, 0.25) is 0 Å². The van der Waals surface area contributed by atoms with Gasteiger partial charge in [0.2, 0.25) is 0 Å². The molecule has 5 aromatic carbocycles. The lowest BCUT2D eigenvalue weighted by Crippen LogP contribution is -2.04. The summed E-state index contributed by atoms with van der Waals surface area (Å²) >= 11 is 0. The second-order valence-electron chi connectivity index (χ2n) is 11.3. The minimum Gasteiger partial charge on any atom is -0.456 e. The first kappa shape index (κ1) is 25.6. The fourth-order valence-corrected chi connectivity index (χ4v) is 6.89. The molecule has 0 N–H and O–H groups in total. The third kappa shape index (κ3) is 4.07. The molecule has 3 nitrogen and oxygen atoms in total. The van der Waals surface area contributed by atoms with Crippen LogP contribution in [0.15, 0.2) is 126 Å². The van der Waals surface area contributed by atoms with E-state index in [4.69, 9.17) is 9.40 Å². The van der Waals surface area contributed by atoms with Crippen molar-refractivity contribution in [2.24, 2.45) is 0 Å². The molecule has 2 heterocycles. The van der Waals surface area contributed by atoms with Crippen LogP contribution in [0.1, 0.15) is 42.9 Å². The summed E-state index contributed by atoms with van der Waals surface area (Å²) in [6.07, 6.45) is 13.1. The molecule has 0 radical (unpaired) electrons. The standard InChI is InChI=1S/C40H32N2O/c1-3-12-26-21-24-36-37(31(26)4-2)38-32-16-9-8-15-29(32)25-33(39(38)43-36)27-19-22-30(23-20-27)42-35-18-11-10-17-34(35)41-40(42)28-13-6-5-7-14-28/h3,5-19,21-25,27H,4,20H2,1-2H3/b12-3-. The van der Waals surface area contributed by atoms with Gasteiger partial charge in [-0.1, -0.05) is 104 Å². The molecule has 0 aliphatic heterocycles. The Morgan fingerprint density at radius 1 is 0.907 bits per heavy atom. The first-order chi connectivity index (χ1) is 21.2. The van der Waals surface area contributed by atoms with Gasteiger partial charge in [-0.3, -0.25) is 4.57 Å². The number of fused-ring (bicyclic) bond motifs is 6. The number of rotatable bonds is 5. The van der Waals surface area contributed by atoms with Crippen molar-refractivity contribution in [2.75, 3.05) is 0 Å². The van der Waals surface area contributed by atoms with Gasteiger partial charge in [0, 0.05) is 33.5 Å². The Balaban J connectivity index is 1.29. The Morgan fingerprint density at radius 2 is 1.72 bits per heavy atom. The Hall–Kier alpha value is -5.15. The van der Waals surface area contributed by atoms with Gasteiger partial charge in [-0.05, 0) is 72.0 Å². The van der Waals surface area contributed by atoms with Gasteiger partial charge in [-0.25, -0.2) is 4.98 Å². The van der Waals surface area contributed by atoms with E-state index in [0.29, 0.717) is 0 Å². The Bertz CT molecular complexity index is 2260. The molecule has 0 fully saturated rings. The van der Waals surface area contributed by atoms with Crippen molar-refractivity contribution < 1.29 is 4.42 Å². The van der Waals surface area contributed by atoms with E-state index in [9.17, 15) is 0 Å². The number of nitrogens with zero attached hydrogens (tertiary/aromatic N) is 2. The highest BCUT2D eigenvalue weighted by atomic mass is 16.3. The molecule has 2 aromatic heterocycles. The molecule has 208 valence electrons. The predicted octanol–water partition coefficient (Wildman–Crippen LogP) is 10.9. The minimum absolute atomic E-state index is 0.200. The molecular weight excluding hydrogens is 524 g/mol. The van der Waals surface area contributed by atoms with Gasteiger partial charge in [0.25, 0.3) is 0 Å². The fraction of sp³-hybridized carbons (Fsp3) is 0.125. The number of aryl methyl sites for hydroxylation is 1. The Morgan fingerprint density at radius 3 is 2.53 bits per heavy atom. The van der Waals surface area contributed by atoms with Gasteiger partial charge >= 0.3 is 0 Å². The van der Waals surface area contributed by atoms with Crippen LogP contribution in [0.5, 0.6) is 0 Å². The third-order valence-electron chi connectivity index (χ3n) is 8.83. The molecule has 0 amide bonds. The van der Waals surface area contributed by atoms with E-state index in [0.717, 1.165) is 52.1 Å². The summed E-state index contributed by atoms with van der Waals surface area (Å²) in [4.78, 5) is 5.04. The lowest BCUT2D eigenvalue weighted by Gasteiger charge is -2.20. The molecule has 0 spiro atoms. The van der Waals surface area contributed by atoms with E-state index in [2.05, 4.69) is 140 Å². The maximum absolute atomic E-state index is 6.76. The largest absolute Gasteiger partial charge is 0.456 e. The lowest BCUT2D eigenvalue weighted by atomic mass is 9.87. The molecule has 8 rings (SSSR count). The normalized spacial score (nSPS) is 15.4. The van der Waals surface area contributed by atoms with Gasteiger partial charge < -0.3 is 4.42 Å². The summed E-state index contributed by atoms with van der Waals surface area (Å²) in [5.74, 6) is 1.16. The number of hydrogen-bond donors (Lipinski definition) is 0. The number of allylic oxidation sites excluding steroid dienone is 5. The maximum atomic E-state index is 6.76. The zero-order chi connectivity index (χ0) is 28.9. The van der Waals surface area contributed by atoms with Crippen molar-refractivity contribution in [2.45, 2.75) is 32.6 Å². The van der Waals surface area contributed by atoms with Crippen LogP contribution in [0.4, 0.5) is 0 Å². The number of imidazole rings is 1. The smallest absolute Gasteiger partial charge is 0.145 e. The van der Waals surface area contributed by atoms with Crippen molar-refractivity contribution in [3.8, 4) is 11.4 Å². The zero-order valence-corrected chi connectivity index (χ0v) is 24.4. The van der Waals surface area contributed by atoms with Crippen molar-refractivity contribution in [1.29, 1.82) is 0 Å². The number of para-hydroxylation sites is 2. The molecule has 1 unspecified atom stereocenters. The van der Waals surface area contributed by atoms with Crippen LogP contribution < -0.4 is 0 Å². The summed E-state index contributed by atoms with van der Waals surface area (Å²) in [5, 5.41) is 4.99. The van der Waals surface area contributed by atoms with E-state index in [1.54, 1.807) is 0 Å². The monoisotopic (exact) mass is 556 g/mol. The molecule has 1 atom stereocenters. The average molecular weight is 557 g/mol. The van der Waals surface area contributed by atoms with Crippen molar-refractivity contribution in [3.63, 3.8) is 0 Å². The Labute approximate surface area is 251 Å². The van der Waals surface area contributed by atoms with Crippen LogP contribution in [-0.4, -0.2) is 9.55 Å². The van der Waals surface area contributed by atoms with Crippen molar-refractivity contribution in [3.05, 3.63) is 138 Å². The quantitative estimate of drug-likeness (QED) is 0.211. The molecule has 0 saturated carbocycles. The van der Waals surface area contributed by atoms with Crippen molar-refractivity contribution in [1.82, 2.24) is 9.55 Å². The average Bonchev–Trinajstić information content (AvgIpc) is 3.65. The van der Waals surface area contributed by atoms with Crippen LogP contribution in [-0.2, 0) is 6.42 Å². The molecule has 0 saturated heterocycles. The van der Waals surface area contributed by atoms with Gasteiger partial charge in [0.1, 0.15) is 17.0 Å². The van der Waals surface area contributed by atoms with Crippen LogP contribution in [0, 0.1) is 0 Å². The number of benzene rings is 5. The number of aromatic nitrogens is 2. The van der Waals surface area contributed by atoms with Gasteiger partial charge in [-0.15, -0.1) is 0 Å². The highest BCUT2D eigenvalue weighted by Crippen LogP contribution is 2.44. The molecule has 0 bridgehead atoms. The molecule has 43 heavy (non-hydrogen) atoms. The summed E-state index contributed by atoms with van der Waals surface area (Å²) < 4.78 is 9.06. The SMILES string of the molecule is C/C=C\c1ccc2oc3c(C4C=CC(n5c(-c6ccccc6)nc6ccccc65)=CC4)cc4ccccc4c3c2c1CC. The highest BCUT2D eigenvalue weighted by Gasteiger charge is 2.24. The third-order valence-corrected chi connectivity index (χ3v) is 8.83. The van der Waals surface area contributed by atoms with Crippen LogP contribution >= 0.6 is 0 Å². The van der Waals surface area contributed by atoms with Crippen LogP contribution in [0.25, 0.3) is 66.9 Å². The summed E-state index contributed by atoms with van der Waals surface area (Å²) in [6.45, 7) is 4.32. The molecule has 1 aliphatic carbocycles. The van der Waals surface area contributed by atoms with E-state index in [1.165, 1.54) is 38.2 Å². The minimum atomic E-state index is 0.200. The van der Waals surface area contributed by atoms with E-state index in [1.807, 2.05) is 6.07 Å². The second kappa shape index (κ2) is 10.3. The second-order valence-corrected chi connectivity index (χ2v) is 11.3. The molecule has 1 aliphatic rings. The number of hydrogen-bond acceptors (Lipinski definition) is 2. The lowest BCUT2D eigenvalue weighted by molar-refractivity contribution is 0.657. The van der Waals surface area contributed by atoms with Gasteiger partial charge in [0.15, 0.2) is 0 Å². The van der Waals surface area contributed by atoms with E-state index >= 15 is 0 Å². The molecular formula is C40H32N2O. The molecule has 7 aromatic rings. The van der Waals surface area contributed by atoms with E-state index in [-0.39, 0.29) is 5.92 Å². The highest BCUT2D eigenvalue weighted by molar-refractivity contribution is 6.21. The topological polar surface area (TPSA) is 31.0 Å². The zero-order valence-electron chi connectivity index (χ0n) is 24.4. The van der Waals surface area contributed by atoms with E-state index < -0.39 is 0 Å². The predicted molar refractivity (Wildman–Crippen MR) is 181 cm³/mol. The number of furan rings is 1. The van der Waals surface area contributed by atoms with Gasteiger partial charge in [0.05, 0.1) is 11.0 Å². The first-order valence-corrected chi connectivity index (χ1v) is 15.2. The summed E-state index contributed by atoms with van der Waals surface area (Å²) in [6, 6.07) is 34.3.